The van der Waals surface area contributed by atoms with E-state index >= 15 is 0 Å². The fourth-order valence-electron chi connectivity index (χ4n) is 1.33. The van der Waals surface area contributed by atoms with E-state index in [9.17, 15) is 0 Å². The van der Waals surface area contributed by atoms with Gasteiger partial charge in [0.1, 0.15) is 11.4 Å². The van der Waals surface area contributed by atoms with Crippen molar-refractivity contribution in [1.29, 1.82) is 0 Å². The van der Waals surface area contributed by atoms with Crippen LogP contribution < -0.4 is 10.5 Å². The average molecular weight is 214 g/mol. The summed E-state index contributed by atoms with van der Waals surface area (Å²) >= 11 is 0. The molecule has 0 unspecified atom stereocenters. The van der Waals surface area contributed by atoms with Crippen LogP contribution in [0.2, 0.25) is 0 Å². The molecule has 1 radical (unpaired) electrons. The van der Waals surface area contributed by atoms with Crippen LogP contribution in [0.15, 0.2) is 30.5 Å². The van der Waals surface area contributed by atoms with E-state index in [1.165, 1.54) is 0 Å². The molecule has 4 heteroatoms. The second-order valence-electron chi connectivity index (χ2n) is 3.56. The zero-order chi connectivity index (χ0) is 11.5. The zero-order valence-corrected chi connectivity index (χ0v) is 9.19. The van der Waals surface area contributed by atoms with Crippen molar-refractivity contribution in [1.82, 2.24) is 15.9 Å². The highest BCUT2D eigenvalue weighted by molar-refractivity contribution is 5.47. The number of aromatic nitrogens is 2. The summed E-state index contributed by atoms with van der Waals surface area (Å²) in [4.78, 5) is 0. The Bertz CT molecular complexity index is 511. The molecule has 0 amide bonds. The molecular weight excluding hydrogens is 202 g/mol. The molecule has 0 aliphatic carbocycles. The Morgan fingerprint density at radius 2 is 2.00 bits per heavy atom. The maximum Gasteiger partial charge on any atom is 0.152 e. The van der Waals surface area contributed by atoms with Crippen LogP contribution in [-0.4, -0.2) is 10.2 Å². The molecule has 4 nitrogen and oxygen atoms in total. The second-order valence-corrected chi connectivity index (χ2v) is 3.56. The minimum absolute atomic E-state index is 0.511. The lowest BCUT2D eigenvalue weighted by molar-refractivity contribution is 0.473. The van der Waals surface area contributed by atoms with Crippen molar-refractivity contribution >= 4 is 5.69 Å². The Labute approximate surface area is 94.1 Å². The molecule has 0 spiro atoms. The summed E-state index contributed by atoms with van der Waals surface area (Å²) < 4.78 is 5.66. The topological polar surface area (TPSA) is 58.8 Å². The van der Waals surface area contributed by atoms with E-state index in [1.54, 1.807) is 24.4 Å². The van der Waals surface area contributed by atoms with Crippen LogP contribution in [-0.2, 0) is 0 Å². The highest BCUT2D eigenvalue weighted by Crippen LogP contribution is 2.26. The van der Waals surface area contributed by atoms with Gasteiger partial charge in [0, 0.05) is 6.07 Å². The smallest absolute Gasteiger partial charge is 0.152 e. The Morgan fingerprint density at radius 1 is 1.19 bits per heavy atom. The van der Waals surface area contributed by atoms with Gasteiger partial charge in [0.25, 0.3) is 0 Å². The molecule has 0 aliphatic rings. The first-order valence-electron chi connectivity index (χ1n) is 4.95. The molecular formula is C12H12N3O. The maximum atomic E-state index is 7.56. The molecule has 2 rings (SSSR count). The third-order valence-corrected chi connectivity index (χ3v) is 2.28. The number of nitrogens with zero attached hydrogens (tertiary/aromatic N) is 2. The van der Waals surface area contributed by atoms with Crippen LogP contribution in [0.5, 0.6) is 11.5 Å². The van der Waals surface area contributed by atoms with Crippen molar-refractivity contribution in [2.45, 2.75) is 13.8 Å². The maximum absolute atomic E-state index is 7.56. The number of ether oxygens (including phenoxy) is 1. The molecule has 1 N–H and O–H groups in total. The lowest BCUT2D eigenvalue weighted by Gasteiger charge is -2.08. The summed E-state index contributed by atoms with van der Waals surface area (Å²) in [7, 11) is 0. The van der Waals surface area contributed by atoms with Gasteiger partial charge >= 0.3 is 0 Å². The number of hydrogen-bond donors (Lipinski definition) is 0. The van der Waals surface area contributed by atoms with Crippen molar-refractivity contribution in [3.05, 3.63) is 41.7 Å². The second kappa shape index (κ2) is 4.18. The molecule has 0 bridgehead atoms. The molecule has 2 aromatic rings. The molecule has 0 fully saturated rings. The van der Waals surface area contributed by atoms with Crippen molar-refractivity contribution in [3.8, 4) is 11.5 Å². The third kappa shape index (κ3) is 2.11. The van der Waals surface area contributed by atoms with Crippen LogP contribution in [0.1, 0.15) is 11.3 Å². The van der Waals surface area contributed by atoms with E-state index in [1.807, 2.05) is 19.9 Å². The van der Waals surface area contributed by atoms with E-state index in [0.717, 1.165) is 11.3 Å². The first-order chi connectivity index (χ1) is 7.66. The number of nitrogens with one attached hydrogen (secondary N) is 1. The van der Waals surface area contributed by atoms with E-state index in [-0.39, 0.29) is 0 Å². The van der Waals surface area contributed by atoms with Crippen LogP contribution in [0.25, 0.3) is 0 Å². The molecule has 1 heterocycles. The van der Waals surface area contributed by atoms with Gasteiger partial charge < -0.3 is 10.5 Å². The van der Waals surface area contributed by atoms with Crippen LogP contribution in [0.3, 0.4) is 0 Å². The largest absolute Gasteiger partial charge is 0.455 e. The Hall–Kier alpha value is -2.10. The SMILES string of the molecule is Cc1cc(Oc2ccnnc2C)ccc1[NH]. The van der Waals surface area contributed by atoms with Gasteiger partial charge in [-0.25, -0.2) is 0 Å². The molecule has 0 aliphatic heterocycles. The van der Waals surface area contributed by atoms with Crippen LogP contribution in [0.4, 0.5) is 5.69 Å². The molecule has 0 saturated heterocycles. The summed E-state index contributed by atoms with van der Waals surface area (Å²) in [6.07, 6.45) is 1.59. The summed E-state index contributed by atoms with van der Waals surface area (Å²) in [6, 6.07) is 7.10. The van der Waals surface area contributed by atoms with E-state index in [2.05, 4.69) is 10.2 Å². The predicted octanol–water partition coefficient (Wildman–Crippen LogP) is 2.80. The fraction of sp³-hybridized carbons (Fsp3) is 0.167. The Morgan fingerprint density at radius 3 is 2.69 bits per heavy atom. The molecule has 81 valence electrons. The normalized spacial score (nSPS) is 10.1. The number of aryl methyl sites for hydroxylation is 2. The molecule has 0 atom stereocenters. The molecule has 0 saturated carbocycles. The van der Waals surface area contributed by atoms with Gasteiger partial charge in [0.05, 0.1) is 11.9 Å². The van der Waals surface area contributed by atoms with Crippen LogP contribution >= 0.6 is 0 Å². The lowest BCUT2D eigenvalue weighted by atomic mass is 10.2. The van der Waals surface area contributed by atoms with Crippen molar-refractivity contribution in [2.75, 3.05) is 0 Å². The summed E-state index contributed by atoms with van der Waals surface area (Å²) in [5.41, 5.74) is 9.70. The summed E-state index contributed by atoms with van der Waals surface area (Å²) in [5.74, 6) is 1.40. The Kier molecular flexibility index (Phi) is 2.72. The van der Waals surface area contributed by atoms with Gasteiger partial charge in [-0.1, -0.05) is 0 Å². The van der Waals surface area contributed by atoms with E-state index in [0.29, 0.717) is 17.2 Å². The quantitative estimate of drug-likeness (QED) is 0.772. The predicted molar refractivity (Wildman–Crippen MR) is 60.8 cm³/mol. The minimum atomic E-state index is 0.511. The summed E-state index contributed by atoms with van der Waals surface area (Å²) in [6.45, 7) is 3.72. The zero-order valence-electron chi connectivity index (χ0n) is 9.19. The number of rotatable bonds is 2. The first-order valence-corrected chi connectivity index (χ1v) is 4.95. The van der Waals surface area contributed by atoms with Gasteiger partial charge in [-0.15, -0.1) is 0 Å². The summed E-state index contributed by atoms with van der Waals surface area (Å²) in [5, 5.41) is 7.66. The highest BCUT2D eigenvalue weighted by atomic mass is 16.5. The van der Waals surface area contributed by atoms with Gasteiger partial charge in [-0.05, 0) is 37.6 Å². The van der Waals surface area contributed by atoms with Crippen molar-refractivity contribution in [2.24, 2.45) is 0 Å². The molecule has 16 heavy (non-hydrogen) atoms. The molecule has 1 aromatic carbocycles. The standard InChI is InChI=1S/C12H12N3O/c1-8-7-10(3-4-11(8)13)16-12-5-6-14-15-9(12)2/h3-7,13H,1-2H3. The fourth-order valence-corrected chi connectivity index (χ4v) is 1.33. The van der Waals surface area contributed by atoms with Gasteiger partial charge in [0.2, 0.25) is 0 Å². The number of hydrogen-bond acceptors (Lipinski definition) is 3. The average Bonchev–Trinajstić information content (AvgIpc) is 2.27. The highest BCUT2D eigenvalue weighted by Gasteiger charge is 2.03. The number of benzene rings is 1. The Balaban J connectivity index is 2.28. The first kappa shape index (κ1) is 10.4. The molecule has 1 aromatic heterocycles. The van der Waals surface area contributed by atoms with Crippen molar-refractivity contribution in [3.63, 3.8) is 0 Å². The van der Waals surface area contributed by atoms with E-state index < -0.39 is 0 Å². The van der Waals surface area contributed by atoms with Gasteiger partial charge in [0.15, 0.2) is 5.75 Å². The van der Waals surface area contributed by atoms with E-state index in [4.69, 9.17) is 10.5 Å². The van der Waals surface area contributed by atoms with Crippen molar-refractivity contribution < 1.29 is 4.74 Å². The monoisotopic (exact) mass is 214 g/mol. The lowest BCUT2D eigenvalue weighted by Crippen LogP contribution is -1.92. The van der Waals surface area contributed by atoms with Gasteiger partial charge in [-0.3, -0.25) is 0 Å². The minimum Gasteiger partial charge on any atom is -0.455 e. The third-order valence-electron chi connectivity index (χ3n) is 2.28. The van der Waals surface area contributed by atoms with Gasteiger partial charge in [-0.2, -0.15) is 10.2 Å². The van der Waals surface area contributed by atoms with Crippen LogP contribution in [0, 0.1) is 13.8 Å².